The Labute approximate surface area is 149 Å². The van der Waals surface area contributed by atoms with E-state index >= 15 is 0 Å². The van der Waals surface area contributed by atoms with E-state index in [2.05, 4.69) is 26.6 Å². The Bertz CT molecular complexity index is 543. The lowest BCUT2D eigenvalue weighted by molar-refractivity contribution is -0.123. The van der Waals surface area contributed by atoms with E-state index in [-0.39, 0.29) is 17.9 Å². The molecular weight excluding hydrogens is 380 g/mol. The van der Waals surface area contributed by atoms with Crippen molar-refractivity contribution in [2.75, 3.05) is 6.61 Å². The van der Waals surface area contributed by atoms with Crippen LogP contribution in [0.1, 0.15) is 49.2 Å². The molecule has 0 bridgehead atoms. The number of ether oxygens (including phenoxy) is 1. The summed E-state index contributed by atoms with van der Waals surface area (Å²) in [4.78, 5) is 24.8. The smallest absolute Gasteiger partial charge is 0.262 e. The van der Waals surface area contributed by atoms with E-state index in [1.165, 1.54) is 11.3 Å². The second-order valence-electron chi connectivity index (χ2n) is 5.92. The number of rotatable bonds is 7. The molecule has 0 aromatic carbocycles. The first kappa shape index (κ1) is 18.4. The molecule has 1 fully saturated rings. The van der Waals surface area contributed by atoms with Crippen molar-refractivity contribution < 1.29 is 14.3 Å². The van der Waals surface area contributed by atoms with Gasteiger partial charge in [0.25, 0.3) is 5.91 Å². The molecule has 7 heteroatoms. The predicted molar refractivity (Wildman–Crippen MR) is 94.8 cm³/mol. The van der Waals surface area contributed by atoms with Crippen LogP contribution in [0.2, 0.25) is 0 Å². The summed E-state index contributed by atoms with van der Waals surface area (Å²) >= 11 is 4.67. The third kappa shape index (κ3) is 5.90. The normalized spacial score (nSPS) is 20.0. The SMILES string of the molecule is CC(CCC1CCCO1)NC(=O)C(C)NC(=O)c1ccc(Br)s1. The lowest BCUT2D eigenvalue weighted by Crippen LogP contribution is -2.47. The van der Waals surface area contributed by atoms with Crippen molar-refractivity contribution in [3.05, 3.63) is 20.8 Å². The molecule has 23 heavy (non-hydrogen) atoms. The molecule has 2 rings (SSSR count). The Kier molecular flexibility index (Phi) is 7.05. The number of carbonyl (C=O) groups excluding carboxylic acids is 2. The topological polar surface area (TPSA) is 67.4 Å². The van der Waals surface area contributed by atoms with Gasteiger partial charge in [0.05, 0.1) is 14.8 Å². The minimum atomic E-state index is -0.562. The summed E-state index contributed by atoms with van der Waals surface area (Å²) in [6, 6.07) is 3.06. The van der Waals surface area contributed by atoms with Crippen LogP contribution >= 0.6 is 27.3 Å². The van der Waals surface area contributed by atoms with Gasteiger partial charge in [-0.05, 0) is 67.6 Å². The molecule has 2 N–H and O–H groups in total. The zero-order valence-electron chi connectivity index (χ0n) is 13.4. The number of nitrogens with one attached hydrogen (secondary N) is 2. The van der Waals surface area contributed by atoms with Gasteiger partial charge in [0.2, 0.25) is 5.91 Å². The summed E-state index contributed by atoms with van der Waals surface area (Å²) in [5.74, 6) is -0.385. The number of halogens is 1. The van der Waals surface area contributed by atoms with Gasteiger partial charge in [-0.2, -0.15) is 0 Å². The van der Waals surface area contributed by atoms with Gasteiger partial charge >= 0.3 is 0 Å². The standard InChI is InChI=1S/C16H23BrN2O3S/c1-10(5-6-12-4-3-9-22-12)18-15(20)11(2)19-16(21)13-7-8-14(17)23-13/h7-8,10-12H,3-6,9H2,1-2H3,(H,18,20)(H,19,21). The van der Waals surface area contributed by atoms with Gasteiger partial charge in [-0.1, -0.05) is 0 Å². The maximum Gasteiger partial charge on any atom is 0.262 e. The van der Waals surface area contributed by atoms with Crippen LogP contribution in [-0.2, 0) is 9.53 Å². The molecule has 1 aliphatic rings. The average Bonchev–Trinajstić information content (AvgIpc) is 3.16. The fraction of sp³-hybridized carbons (Fsp3) is 0.625. The van der Waals surface area contributed by atoms with Crippen LogP contribution < -0.4 is 10.6 Å². The molecular formula is C16H23BrN2O3S. The fourth-order valence-corrected chi connectivity index (χ4v) is 3.81. The lowest BCUT2D eigenvalue weighted by atomic mass is 10.1. The van der Waals surface area contributed by atoms with Crippen molar-refractivity contribution in [1.82, 2.24) is 10.6 Å². The highest BCUT2D eigenvalue weighted by Crippen LogP contribution is 2.22. The summed E-state index contributed by atoms with van der Waals surface area (Å²) in [7, 11) is 0. The number of hydrogen-bond donors (Lipinski definition) is 2. The predicted octanol–water partition coefficient (Wildman–Crippen LogP) is 3.09. The van der Waals surface area contributed by atoms with Gasteiger partial charge in [0.15, 0.2) is 0 Å². The van der Waals surface area contributed by atoms with Crippen LogP contribution in [0.15, 0.2) is 15.9 Å². The van der Waals surface area contributed by atoms with Crippen LogP contribution in [-0.4, -0.2) is 36.6 Å². The summed E-state index contributed by atoms with van der Waals surface area (Å²) in [6.07, 6.45) is 4.43. The third-order valence-corrected chi connectivity index (χ3v) is 5.49. The first-order chi connectivity index (χ1) is 11.0. The van der Waals surface area contributed by atoms with Crippen LogP contribution in [0, 0.1) is 0 Å². The summed E-state index contributed by atoms with van der Waals surface area (Å²) in [6.45, 7) is 4.54. The molecule has 3 atom stereocenters. The van der Waals surface area contributed by atoms with Gasteiger partial charge in [0, 0.05) is 12.6 Å². The van der Waals surface area contributed by atoms with Crippen molar-refractivity contribution >= 4 is 39.1 Å². The zero-order chi connectivity index (χ0) is 16.8. The van der Waals surface area contributed by atoms with Crippen LogP contribution in [0.5, 0.6) is 0 Å². The highest BCUT2D eigenvalue weighted by atomic mass is 79.9. The zero-order valence-corrected chi connectivity index (χ0v) is 15.8. The third-order valence-electron chi connectivity index (χ3n) is 3.87. The monoisotopic (exact) mass is 402 g/mol. The van der Waals surface area contributed by atoms with Gasteiger partial charge in [-0.3, -0.25) is 9.59 Å². The molecule has 0 saturated carbocycles. The minimum Gasteiger partial charge on any atom is -0.378 e. The molecule has 5 nitrogen and oxygen atoms in total. The van der Waals surface area contributed by atoms with E-state index in [0.717, 1.165) is 36.1 Å². The first-order valence-electron chi connectivity index (χ1n) is 7.94. The second-order valence-corrected chi connectivity index (χ2v) is 8.38. The van der Waals surface area contributed by atoms with Crippen molar-refractivity contribution in [3.8, 4) is 0 Å². The molecule has 3 unspecified atom stereocenters. The Morgan fingerprint density at radius 1 is 1.39 bits per heavy atom. The molecule has 0 radical (unpaired) electrons. The molecule has 1 aliphatic heterocycles. The highest BCUT2D eigenvalue weighted by Gasteiger charge is 2.20. The maximum absolute atomic E-state index is 12.2. The van der Waals surface area contributed by atoms with Crippen molar-refractivity contribution in [3.63, 3.8) is 0 Å². The Hall–Kier alpha value is -0.920. The van der Waals surface area contributed by atoms with Gasteiger partial charge in [-0.15, -0.1) is 11.3 Å². The first-order valence-corrected chi connectivity index (χ1v) is 9.55. The highest BCUT2D eigenvalue weighted by molar-refractivity contribution is 9.11. The number of carbonyl (C=O) groups is 2. The Morgan fingerprint density at radius 3 is 2.78 bits per heavy atom. The van der Waals surface area contributed by atoms with Crippen molar-refractivity contribution in [1.29, 1.82) is 0 Å². The van der Waals surface area contributed by atoms with Crippen LogP contribution in [0.25, 0.3) is 0 Å². The van der Waals surface area contributed by atoms with E-state index in [1.54, 1.807) is 13.0 Å². The van der Waals surface area contributed by atoms with E-state index in [4.69, 9.17) is 4.74 Å². The fourth-order valence-electron chi connectivity index (χ4n) is 2.52. The largest absolute Gasteiger partial charge is 0.378 e. The Morgan fingerprint density at radius 2 is 2.17 bits per heavy atom. The Balaban J connectivity index is 1.72. The van der Waals surface area contributed by atoms with Gasteiger partial charge < -0.3 is 15.4 Å². The van der Waals surface area contributed by atoms with Gasteiger partial charge in [0.1, 0.15) is 6.04 Å². The van der Waals surface area contributed by atoms with E-state index < -0.39 is 6.04 Å². The van der Waals surface area contributed by atoms with E-state index in [0.29, 0.717) is 11.0 Å². The molecule has 2 heterocycles. The average molecular weight is 403 g/mol. The van der Waals surface area contributed by atoms with Crippen molar-refractivity contribution in [2.45, 2.75) is 57.7 Å². The number of amides is 2. The van der Waals surface area contributed by atoms with Gasteiger partial charge in [-0.25, -0.2) is 0 Å². The van der Waals surface area contributed by atoms with Crippen LogP contribution in [0.4, 0.5) is 0 Å². The summed E-state index contributed by atoms with van der Waals surface area (Å²) in [5, 5.41) is 5.68. The molecule has 0 spiro atoms. The lowest BCUT2D eigenvalue weighted by Gasteiger charge is -2.19. The molecule has 0 aliphatic carbocycles. The maximum atomic E-state index is 12.2. The van der Waals surface area contributed by atoms with E-state index in [1.807, 2.05) is 13.0 Å². The quantitative estimate of drug-likeness (QED) is 0.735. The number of thiophene rings is 1. The minimum absolute atomic E-state index is 0.0712. The molecule has 1 aromatic heterocycles. The second kappa shape index (κ2) is 8.80. The molecule has 1 aromatic rings. The van der Waals surface area contributed by atoms with Crippen molar-refractivity contribution in [2.24, 2.45) is 0 Å². The van der Waals surface area contributed by atoms with E-state index in [9.17, 15) is 9.59 Å². The number of hydrogen-bond acceptors (Lipinski definition) is 4. The van der Waals surface area contributed by atoms with Crippen LogP contribution in [0.3, 0.4) is 0 Å². The summed E-state index contributed by atoms with van der Waals surface area (Å²) in [5.41, 5.74) is 0. The summed E-state index contributed by atoms with van der Waals surface area (Å²) < 4.78 is 6.48. The molecule has 128 valence electrons. The molecule has 2 amide bonds. The molecule has 1 saturated heterocycles.